The van der Waals surface area contributed by atoms with E-state index in [4.69, 9.17) is 0 Å². The smallest absolute Gasteiger partial charge is 0.0482 e. The monoisotopic (exact) mass is 931 g/mol. The molecule has 0 saturated heterocycles. The molecule has 2 saturated carbocycles. The topological polar surface area (TPSA) is 0 Å². The molecule has 5 aliphatic carbocycles. The predicted octanol–water partition coefficient (Wildman–Crippen LogP) is 19.8. The van der Waals surface area contributed by atoms with Crippen molar-refractivity contribution in [3.05, 3.63) is 224 Å². The van der Waals surface area contributed by atoms with Gasteiger partial charge in [0, 0.05) is 5.41 Å². The number of benzene rings is 6. The van der Waals surface area contributed by atoms with Crippen LogP contribution in [0.1, 0.15) is 166 Å². The van der Waals surface area contributed by atoms with Crippen molar-refractivity contribution in [2.24, 2.45) is 17.3 Å². The Morgan fingerprint density at radius 2 is 1.25 bits per heavy atom. The van der Waals surface area contributed by atoms with E-state index in [0.717, 1.165) is 25.7 Å². The Hall–Kier alpha value is -5.72. The lowest BCUT2D eigenvalue weighted by molar-refractivity contribution is 0.169. The molecule has 0 heteroatoms. The number of rotatable bonds is 11. The Labute approximate surface area is 427 Å². The standard InChI is InChI=1S/C71H78/c1-7-52-32-35-59(45-52)65-66(61-38-30-48(3)43-51(61)6)68(57-39-41-70(42-40-57,60-26-18-13-19-27-60)47-53-21-14-12-15-22-53)71(8-2,67-50(5)31-34-56-33-29-49(4)44-64(56)67)69(65)62-28-20-25-55-36-37-58(46-63(55)62)54-23-16-10-9-11-17-24-54/h12,14-15,20-22,25,28-41,43-46,52,54,60H,7-11,13,16-19,23-24,26-27,42,47H2,1-6H3. The zero-order valence-corrected chi connectivity index (χ0v) is 44.0. The molecular weight excluding hydrogens is 853 g/mol. The largest absolute Gasteiger partial charge is 0.0770 e. The quantitative estimate of drug-likeness (QED) is 0.121. The number of hydrogen-bond donors (Lipinski definition) is 0. The highest BCUT2D eigenvalue weighted by Crippen LogP contribution is 2.65. The Kier molecular flexibility index (Phi) is 13.4. The van der Waals surface area contributed by atoms with Gasteiger partial charge in [-0.05, 0) is 196 Å². The van der Waals surface area contributed by atoms with Gasteiger partial charge >= 0.3 is 0 Å². The number of hydrogen-bond acceptors (Lipinski definition) is 0. The molecule has 0 spiro atoms. The molecule has 3 unspecified atom stereocenters. The average molecular weight is 931 g/mol. The van der Waals surface area contributed by atoms with Crippen LogP contribution in [-0.4, -0.2) is 0 Å². The number of fused-ring (bicyclic) bond motifs is 2. The van der Waals surface area contributed by atoms with Crippen LogP contribution in [0.4, 0.5) is 0 Å². The summed E-state index contributed by atoms with van der Waals surface area (Å²) in [6.45, 7) is 14.3. The summed E-state index contributed by atoms with van der Waals surface area (Å²) in [5, 5.41) is 5.47. The van der Waals surface area contributed by atoms with Gasteiger partial charge in [0.05, 0.1) is 0 Å². The molecule has 0 N–H and O–H groups in total. The molecule has 0 aromatic heterocycles. The molecule has 71 heavy (non-hydrogen) atoms. The molecule has 11 rings (SSSR count). The van der Waals surface area contributed by atoms with Crippen LogP contribution in [0.3, 0.4) is 0 Å². The van der Waals surface area contributed by atoms with Crippen molar-refractivity contribution >= 4 is 32.7 Å². The molecule has 6 aromatic carbocycles. The summed E-state index contributed by atoms with van der Waals surface area (Å²) < 4.78 is 0. The second-order valence-electron chi connectivity index (χ2n) is 22.9. The molecule has 2 fully saturated rings. The maximum absolute atomic E-state index is 2.76. The van der Waals surface area contributed by atoms with Gasteiger partial charge in [-0.15, -0.1) is 0 Å². The third-order valence-electron chi connectivity index (χ3n) is 18.4. The number of allylic oxidation sites excluding steroid dienone is 12. The summed E-state index contributed by atoms with van der Waals surface area (Å²) in [7, 11) is 0. The Morgan fingerprint density at radius 3 is 1.99 bits per heavy atom. The highest BCUT2D eigenvalue weighted by atomic mass is 14.5. The maximum atomic E-state index is 2.76. The van der Waals surface area contributed by atoms with Crippen molar-refractivity contribution in [1.29, 1.82) is 0 Å². The second-order valence-corrected chi connectivity index (χ2v) is 22.9. The summed E-state index contributed by atoms with van der Waals surface area (Å²) in [5.41, 5.74) is 20.9. The van der Waals surface area contributed by atoms with Crippen LogP contribution in [0.25, 0.3) is 32.7 Å². The fourth-order valence-corrected chi connectivity index (χ4v) is 14.7. The van der Waals surface area contributed by atoms with Crippen molar-refractivity contribution in [2.45, 2.75) is 156 Å². The molecule has 0 bridgehead atoms. The summed E-state index contributed by atoms with van der Waals surface area (Å²) in [4.78, 5) is 0. The molecule has 0 radical (unpaired) electrons. The van der Waals surface area contributed by atoms with Gasteiger partial charge in [-0.1, -0.05) is 228 Å². The zero-order chi connectivity index (χ0) is 48.7. The minimum atomic E-state index is -0.497. The SMILES string of the molecule is CCC1C=CC(C2=C(c3cccc4ccc(C5CCCCCCC5)cc34)C(CC)(c3c(C)ccc4ccc(C)cc34)C(C3=CCC(Cc4ccccc4)(C4CCCCC4)C=C3)=C2c2ccc(C)cc2C)=C1. The predicted molar refractivity (Wildman–Crippen MR) is 306 cm³/mol. The number of aryl methyl sites for hydroxylation is 4. The van der Waals surface area contributed by atoms with Crippen molar-refractivity contribution < 1.29 is 0 Å². The molecular formula is C71H78. The lowest BCUT2D eigenvalue weighted by Crippen LogP contribution is -2.35. The second kappa shape index (κ2) is 20.1. The van der Waals surface area contributed by atoms with Crippen LogP contribution >= 0.6 is 0 Å². The first-order chi connectivity index (χ1) is 34.7. The van der Waals surface area contributed by atoms with E-state index >= 15 is 0 Å². The lowest BCUT2D eigenvalue weighted by atomic mass is 9.59. The third kappa shape index (κ3) is 8.70. The van der Waals surface area contributed by atoms with Crippen molar-refractivity contribution in [2.75, 3.05) is 0 Å². The van der Waals surface area contributed by atoms with E-state index < -0.39 is 5.41 Å². The molecule has 3 atom stereocenters. The van der Waals surface area contributed by atoms with Crippen LogP contribution in [0.2, 0.25) is 0 Å². The fraction of sp³-hybridized carbons (Fsp3) is 0.380. The third-order valence-corrected chi connectivity index (χ3v) is 18.4. The first kappa shape index (κ1) is 47.6. The first-order valence-corrected chi connectivity index (χ1v) is 28.2. The van der Waals surface area contributed by atoms with Crippen molar-refractivity contribution in [1.82, 2.24) is 0 Å². The van der Waals surface area contributed by atoms with Crippen molar-refractivity contribution in [3.63, 3.8) is 0 Å². The van der Waals surface area contributed by atoms with Gasteiger partial charge in [-0.2, -0.15) is 0 Å². The molecule has 0 nitrogen and oxygen atoms in total. The normalized spacial score (nSPS) is 23.4. The van der Waals surface area contributed by atoms with E-state index in [1.807, 2.05) is 0 Å². The summed E-state index contributed by atoms with van der Waals surface area (Å²) >= 11 is 0. The maximum Gasteiger partial charge on any atom is 0.0482 e. The average Bonchev–Trinajstić information content (AvgIpc) is 3.98. The van der Waals surface area contributed by atoms with E-state index in [2.05, 4.69) is 193 Å². The molecule has 0 amide bonds. The summed E-state index contributed by atoms with van der Waals surface area (Å²) in [5.74, 6) is 1.68. The van der Waals surface area contributed by atoms with Gasteiger partial charge in [0.1, 0.15) is 0 Å². The van der Waals surface area contributed by atoms with Gasteiger partial charge in [0.2, 0.25) is 0 Å². The summed E-state index contributed by atoms with van der Waals surface area (Å²) in [6, 6.07) is 45.8. The van der Waals surface area contributed by atoms with Crippen LogP contribution in [-0.2, 0) is 11.8 Å². The highest BCUT2D eigenvalue weighted by Gasteiger charge is 2.52. The Bertz CT molecular complexity index is 3150. The van der Waals surface area contributed by atoms with E-state index in [1.165, 1.54) is 182 Å². The van der Waals surface area contributed by atoms with Crippen LogP contribution < -0.4 is 0 Å². The van der Waals surface area contributed by atoms with Crippen molar-refractivity contribution in [3.8, 4) is 0 Å². The van der Waals surface area contributed by atoms with Gasteiger partial charge in [-0.3, -0.25) is 0 Å². The Balaban J connectivity index is 1.26. The Morgan fingerprint density at radius 1 is 0.549 bits per heavy atom. The molecule has 362 valence electrons. The van der Waals surface area contributed by atoms with Gasteiger partial charge in [0.15, 0.2) is 0 Å². The fourth-order valence-electron chi connectivity index (χ4n) is 14.7. The minimum Gasteiger partial charge on any atom is -0.0770 e. The molecule has 0 aliphatic heterocycles. The summed E-state index contributed by atoms with van der Waals surface area (Å²) in [6.07, 6.45) is 36.1. The lowest BCUT2D eigenvalue weighted by Gasteiger charge is -2.44. The van der Waals surface area contributed by atoms with Crippen LogP contribution in [0.5, 0.6) is 0 Å². The van der Waals surface area contributed by atoms with E-state index in [9.17, 15) is 0 Å². The van der Waals surface area contributed by atoms with E-state index in [-0.39, 0.29) is 5.41 Å². The molecule has 5 aliphatic rings. The highest BCUT2D eigenvalue weighted by molar-refractivity contribution is 6.13. The minimum absolute atomic E-state index is 0.0823. The van der Waals surface area contributed by atoms with Crippen LogP contribution in [0.15, 0.2) is 174 Å². The van der Waals surface area contributed by atoms with E-state index in [0.29, 0.717) is 17.8 Å². The van der Waals surface area contributed by atoms with E-state index in [1.54, 1.807) is 0 Å². The first-order valence-electron chi connectivity index (χ1n) is 28.2. The van der Waals surface area contributed by atoms with Crippen LogP contribution in [0, 0.1) is 44.9 Å². The zero-order valence-electron chi connectivity index (χ0n) is 44.0. The van der Waals surface area contributed by atoms with Gasteiger partial charge in [0.25, 0.3) is 0 Å². The van der Waals surface area contributed by atoms with Gasteiger partial charge in [-0.25, -0.2) is 0 Å². The van der Waals surface area contributed by atoms with Gasteiger partial charge < -0.3 is 0 Å². The molecule has 0 heterocycles. The molecule has 6 aromatic rings.